The number of carbonyl (C=O) groups excluding carboxylic acids is 1. The highest BCUT2D eigenvalue weighted by atomic mass is 16.3. The molecule has 1 aliphatic heterocycles. The Hall–Kier alpha value is -2.33. The number of phenolic OH excluding ortho intramolecular Hbond substituents is 2. The summed E-state index contributed by atoms with van der Waals surface area (Å²) in [5, 5.41) is 23.5. The smallest absolute Gasteiger partial charge is 0.168 e. The fraction of sp³-hybridized carbons (Fsp3) is 0.278. The Bertz CT molecular complexity index is 710. The summed E-state index contributed by atoms with van der Waals surface area (Å²) in [6.07, 6.45) is 0.654. The van der Waals surface area contributed by atoms with Crippen molar-refractivity contribution >= 4 is 5.78 Å². The highest BCUT2D eigenvalue weighted by Gasteiger charge is 2.27. The SMILES string of the molecule is CC(=O)c1c(O)c(O)cc2c1CCNCC2c1ccccc1. The number of carbonyl (C=O) groups is 1. The zero-order valence-corrected chi connectivity index (χ0v) is 12.5. The third-order valence-corrected chi connectivity index (χ3v) is 4.25. The van der Waals surface area contributed by atoms with Gasteiger partial charge in [-0.25, -0.2) is 0 Å². The minimum atomic E-state index is -0.306. The van der Waals surface area contributed by atoms with Gasteiger partial charge in [0.15, 0.2) is 17.3 Å². The average molecular weight is 297 g/mol. The van der Waals surface area contributed by atoms with Crippen LogP contribution >= 0.6 is 0 Å². The van der Waals surface area contributed by atoms with Crippen LogP contribution in [0.25, 0.3) is 0 Å². The van der Waals surface area contributed by atoms with Crippen molar-refractivity contribution in [1.82, 2.24) is 5.32 Å². The molecule has 0 amide bonds. The molecule has 1 aliphatic rings. The van der Waals surface area contributed by atoms with E-state index in [-0.39, 0.29) is 28.8 Å². The van der Waals surface area contributed by atoms with Gasteiger partial charge in [-0.15, -0.1) is 0 Å². The molecule has 4 nitrogen and oxygen atoms in total. The molecular weight excluding hydrogens is 278 g/mol. The first-order valence-electron chi connectivity index (χ1n) is 7.44. The number of fused-ring (bicyclic) bond motifs is 1. The second-order valence-corrected chi connectivity index (χ2v) is 5.66. The first-order valence-corrected chi connectivity index (χ1v) is 7.44. The molecule has 0 aromatic heterocycles. The molecule has 3 rings (SSSR count). The number of phenols is 2. The van der Waals surface area contributed by atoms with Gasteiger partial charge in [0.2, 0.25) is 0 Å². The summed E-state index contributed by atoms with van der Waals surface area (Å²) in [6, 6.07) is 11.6. The van der Waals surface area contributed by atoms with Gasteiger partial charge in [-0.05, 0) is 42.6 Å². The number of Topliss-reactive ketones (excluding diaryl/α,β-unsaturated/α-hetero) is 1. The van der Waals surface area contributed by atoms with Gasteiger partial charge in [0.05, 0.1) is 5.56 Å². The number of rotatable bonds is 2. The van der Waals surface area contributed by atoms with E-state index in [1.165, 1.54) is 6.92 Å². The van der Waals surface area contributed by atoms with Crippen molar-refractivity contribution in [3.8, 4) is 11.5 Å². The van der Waals surface area contributed by atoms with Crippen molar-refractivity contribution in [2.45, 2.75) is 19.3 Å². The fourth-order valence-electron chi connectivity index (χ4n) is 3.23. The number of benzene rings is 2. The summed E-state index contributed by atoms with van der Waals surface area (Å²) in [7, 11) is 0. The predicted octanol–water partition coefficient (Wildman–Crippen LogP) is 2.58. The number of hydrogen-bond donors (Lipinski definition) is 3. The monoisotopic (exact) mass is 297 g/mol. The van der Waals surface area contributed by atoms with E-state index in [0.717, 1.165) is 29.8 Å². The minimum Gasteiger partial charge on any atom is -0.504 e. The largest absolute Gasteiger partial charge is 0.504 e. The Kier molecular flexibility index (Phi) is 3.86. The Morgan fingerprint density at radius 1 is 1.23 bits per heavy atom. The number of aromatic hydroxyl groups is 2. The van der Waals surface area contributed by atoms with E-state index in [0.29, 0.717) is 6.42 Å². The summed E-state index contributed by atoms with van der Waals surface area (Å²) in [4.78, 5) is 12.0. The maximum absolute atomic E-state index is 12.0. The summed E-state index contributed by atoms with van der Waals surface area (Å²) in [5.74, 6) is -0.714. The molecule has 0 radical (unpaired) electrons. The van der Waals surface area contributed by atoms with Gasteiger partial charge < -0.3 is 15.5 Å². The van der Waals surface area contributed by atoms with E-state index >= 15 is 0 Å². The van der Waals surface area contributed by atoms with Crippen LogP contribution in [0.3, 0.4) is 0 Å². The van der Waals surface area contributed by atoms with E-state index in [2.05, 4.69) is 5.32 Å². The van der Waals surface area contributed by atoms with E-state index < -0.39 is 0 Å². The van der Waals surface area contributed by atoms with Crippen molar-refractivity contribution in [2.75, 3.05) is 13.1 Å². The van der Waals surface area contributed by atoms with Crippen LogP contribution in [0.4, 0.5) is 0 Å². The standard InChI is InChI=1S/C18H19NO3/c1-11(20)17-13-7-8-19-10-15(12-5-3-2-4-6-12)14(13)9-16(21)18(17)22/h2-6,9,15,19,21-22H,7-8,10H2,1H3. The lowest BCUT2D eigenvalue weighted by atomic mass is 9.84. The number of nitrogens with one attached hydrogen (secondary N) is 1. The first-order chi connectivity index (χ1) is 10.6. The molecule has 1 atom stereocenters. The highest BCUT2D eigenvalue weighted by Crippen LogP contribution is 2.40. The topological polar surface area (TPSA) is 69.6 Å². The molecule has 114 valence electrons. The molecule has 0 fully saturated rings. The summed E-state index contributed by atoms with van der Waals surface area (Å²) in [6.45, 7) is 2.89. The van der Waals surface area contributed by atoms with Crippen LogP contribution in [0.1, 0.15) is 39.9 Å². The second kappa shape index (κ2) is 5.81. The first kappa shape index (κ1) is 14.6. The van der Waals surface area contributed by atoms with Gasteiger partial charge in [0, 0.05) is 12.5 Å². The lowest BCUT2D eigenvalue weighted by Gasteiger charge is -2.21. The summed E-state index contributed by atoms with van der Waals surface area (Å²) in [5.41, 5.74) is 3.12. The molecule has 0 spiro atoms. The van der Waals surface area contributed by atoms with Gasteiger partial charge in [-0.1, -0.05) is 30.3 Å². The molecule has 3 N–H and O–H groups in total. The van der Waals surface area contributed by atoms with Crippen LogP contribution in [-0.2, 0) is 6.42 Å². The molecule has 2 aromatic rings. The zero-order chi connectivity index (χ0) is 15.7. The molecule has 0 bridgehead atoms. The normalized spacial score (nSPS) is 17.6. The molecule has 4 heteroatoms. The van der Waals surface area contributed by atoms with E-state index in [4.69, 9.17) is 0 Å². The minimum absolute atomic E-state index is 0.0447. The molecule has 22 heavy (non-hydrogen) atoms. The zero-order valence-electron chi connectivity index (χ0n) is 12.5. The molecule has 2 aromatic carbocycles. The van der Waals surface area contributed by atoms with Gasteiger partial charge in [0.25, 0.3) is 0 Å². The molecule has 1 heterocycles. The quantitative estimate of drug-likeness (QED) is 0.588. The Labute approximate surface area is 129 Å². The summed E-state index contributed by atoms with van der Waals surface area (Å²) < 4.78 is 0. The summed E-state index contributed by atoms with van der Waals surface area (Å²) >= 11 is 0. The maximum Gasteiger partial charge on any atom is 0.168 e. The lowest BCUT2D eigenvalue weighted by Crippen LogP contribution is -2.20. The van der Waals surface area contributed by atoms with E-state index in [1.807, 2.05) is 30.3 Å². The van der Waals surface area contributed by atoms with Gasteiger partial charge in [-0.2, -0.15) is 0 Å². The average Bonchev–Trinajstić information content (AvgIpc) is 2.71. The van der Waals surface area contributed by atoms with Gasteiger partial charge >= 0.3 is 0 Å². The van der Waals surface area contributed by atoms with E-state index in [1.54, 1.807) is 6.07 Å². The number of hydrogen-bond acceptors (Lipinski definition) is 4. The third-order valence-electron chi connectivity index (χ3n) is 4.25. The second-order valence-electron chi connectivity index (χ2n) is 5.66. The molecule has 0 saturated carbocycles. The Morgan fingerprint density at radius 3 is 2.64 bits per heavy atom. The Balaban J connectivity index is 2.23. The fourth-order valence-corrected chi connectivity index (χ4v) is 3.23. The van der Waals surface area contributed by atoms with Crippen molar-refractivity contribution in [2.24, 2.45) is 0 Å². The maximum atomic E-state index is 12.0. The predicted molar refractivity (Wildman–Crippen MR) is 84.6 cm³/mol. The van der Waals surface area contributed by atoms with Crippen molar-refractivity contribution < 1.29 is 15.0 Å². The van der Waals surface area contributed by atoms with Crippen LogP contribution in [0.2, 0.25) is 0 Å². The van der Waals surface area contributed by atoms with Crippen LogP contribution in [0, 0.1) is 0 Å². The number of ketones is 1. The van der Waals surface area contributed by atoms with Crippen LogP contribution < -0.4 is 5.32 Å². The van der Waals surface area contributed by atoms with Crippen molar-refractivity contribution in [1.29, 1.82) is 0 Å². The van der Waals surface area contributed by atoms with Crippen LogP contribution in [-0.4, -0.2) is 29.1 Å². The van der Waals surface area contributed by atoms with Crippen LogP contribution in [0.15, 0.2) is 36.4 Å². The molecule has 0 saturated heterocycles. The molecular formula is C18H19NO3. The van der Waals surface area contributed by atoms with Gasteiger partial charge in [0.1, 0.15) is 0 Å². The lowest BCUT2D eigenvalue weighted by molar-refractivity contribution is 0.101. The van der Waals surface area contributed by atoms with E-state index in [9.17, 15) is 15.0 Å². The molecule has 0 aliphatic carbocycles. The Morgan fingerprint density at radius 2 is 1.95 bits per heavy atom. The van der Waals surface area contributed by atoms with Crippen molar-refractivity contribution in [3.05, 3.63) is 58.7 Å². The van der Waals surface area contributed by atoms with Crippen LogP contribution in [0.5, 0.6) is 11.5 Å². The third kappa shape index (κ3) is 2.46. The van der Waals surface area contributed by atoms with Gasteiger partial charge in [-0.3, -0.25) is 4.79 Å². The molecule has 1 unspecified atom stereocenters. The highest BCUT2D eigenvalue weighted by molar-refractivity contribution is 5.99. The van der Waals surface area contributed by atoms with Crippen molar-refractivity contribution in [3.63, 3.8) is 0 Å².